The highest BCUT2D eigenvalue weighted by atomic mass is 15.1. The van der Waals surface area contributed by atoms with E-state index < -0.39 is 0 Å². The van der Waals surface area contributed by atoms with Crippen LogP contribution in [0.1, 0.15) is 0 Å². The van der Waals surface area contributed by atoms with Gasteiger partial charge in [0.05, 0.1) is 12.5 Å². The van der Waals surface area contributed by atoms with Crippen molar-refractivity contribution in [2.75, 3.05) is 14.1 Å². The van der Waals surface area contributed by atoms with Gasteiger partial charge < -0.3 is 9.74 Å². The fraction of sp³-hybridized carbons (Fsp3) is 0.143. The van der Waals surface area contributed by atoms with Crippen molar-refractivity contribution in [1.29, 1.82) is 0 Å². The summed E-state index contributed by atoms with van der Waals surface area (Å²) in [5.74, 6) is 0.544. The van der Waals surface area contributed by atoms with E-state index in [1.54, 1.807) is 17.4 Å². The van der Waals surface area contributed by atoms with Crippen LogP contribution in [0.3, 0.4) is 0 Å². The van der Waals surface area contributed by atoms with Gasteiger partial charge in [-0.1, -0.05) is 36.9 Å². The van der Waals surface area contributed by atoms with Gasteiger partial charge in [-0.2, -0.15) is 0 Å². The first-order valence-electron chi connectivity index (χ1n) is 5.71. The molecule has 0 saturated carbocycles. The third kappa shape index (κ3) is 3.13. The van der Waals surface area contributed by atoms with E-state index in [1.807, 2.05) is 44.4 Å². The van der Waals surface area contributed by atoms with E-state index in [0.717, 1.165) is 5.56 Å². The molecule has 0 N–H and O–H groups in total. The van der Waals surface area contributed by atoms with Crippen LogP contribution in [-0.4, -0.2) is 35.3 Å². The Balaban J connectivity index is 2.40. The molecule has 5 heteroatoms. The third-order valence-corrected chi connectivity index (χ3v) is 2.32. The monoisotopic (exact) mass is 251 g/mol. The van der Waals surface area contributed by atoms with Crippen LogP contribution in [0.4, 0.5) is 11.6 Å². The molecule has 2 rings (SSSR count). The lowest BCUT2D eigenvalue weighted by Gasteiger charge is -2.03. The molecule has 19 heavy (non-hydrogen) atoms. The Kier molecular flexibility index (Phi) is 3.84. The molecule has 0 bridgehead atoms. The number of hydrogen-bond acceptors (Lipinski definition) is 3. The van der Waals surface area contributed by atoms with Crippen LogP contribution in [0, 0.1) is 6.57 Å². The average molecular weight is 251 g/mol. The minimum Gasteiger partial charge on any atom is -0.369 e. The van der Waals surface area contributed by atoms with E-state index in [4.69, 9.17) is 6.57 Å². The molecule has 1 aromatic carbocycles. The third-order valence-electron chi connectivity index (χ3n) is 2.32. The molecule has 94 valence electrons. The molecule has 0 aliphatic rings. The van der Waals surface area contributed by atoms with Gasteiger partial charge in [-0.3, -0.25) is 0 Å². The fourth-order valence-electron chi connectivity index (χ4n) is 1.46. The number of rotatable bonds is 3. The summed E-state index contributed by atoms with van der Waals surface area (Å²) < 4.78 is 0. The first-order valence-corrected chi connectivity index (χ1v) is 5.71. The Morgan fingerprint density at radius 3 is 2.63 bits per heavy atom. The lowest BCUT2D eigenvalue weighted by Crippen LogP contribution is -2.07. The first-order chi connectivity index (χ1) is 9.20. The second kappa shape index (κ2) is 5.74. The van der Waals surface area contributed by atoms with Crippen molar-refractivity contribution in [3.05, 3.63) is 47.9 Å². The van der Waals surface area contributed by atoms with Crippen LogP contribution < -0.4 is 0 Å². The highest BCUT2D eigenvalue weighted by Crippen LogP contribution is 2.26. The molecule has 0 unspecified atom stereocenters. The molecule has 0 saturated heterocycles. The highest BCUT2D eigenvalue weighted by molar-refractivity contribution is 5.69. The van der Waals surface area contributed by atoms with Gasteiger partial charge in [0, 0.05) is 19.7 Å². The predicted molar refractivity (Wildman–Crippen MR) is 75.6 cm³/mol. The minimum atomic E-state index is 0.208. The molecule has 0 spiro atoms. The zero-order valence-electron chi connectivity index (χ0n) is 10.8. The Morgan fingerprint density at radius 2 is 2.00 bits per heavy atom. The number of benzene rings is 1. The minimum absolute atomic E-state index is 0.208. The normalized spacial score (nSPS) is 10.4. The molecule has 1 aromatic heterocycles. The summed E-state index contributed by atoms with van der Waals surface area (Å²) in [4.78, 5) is 17.8. The molecule has 0 amide bonds. The average Bonchev–Trinajstić information content (AvgIpc) is 2.45. The van der Waals surface area contributed by atoms with Crippen LogP contribution in [0.15, 0.2) is 41.5 Å². The maximum Gasteiger partial charge on any atom is 0.315 e. The number of hydrogen-bond donors (Lipinski definition) is 0. The topological polar surface area (TPSA) is 45.7 Å². The molecular weight excluding hydrogens is 238 g/mol. The second-order valence-corrected chi connectivity index (χ2v) is 4.09. The second-order valence-electron chi connectivity index (χ2n) is 4.09. The molecule has 5 nitrogen and oxygen atoms in total. The standard InChI is InChI=1S/C14H13N5/c1-15-13-14(17-10-19(2)3)16-9-12(18-13)11-7-5-4-6-8-11/h4-10H,2-3H3. The number of nitrogens with zero attached hydrogens (tertiary/aromatic N) is 5. The van der Waals surface area contributed by atoms with Crippen molar-refractivity contribution < 1.29 is 0 Å². The number of aromatic nitrogens is 2. The van der Waals surface area contributed by atoms with Gasteiger partial charge in [0.1, 0.15) is 0 Å². The van der Waals surface area contributed by atoms with Crippen LogP contribution in [0.25, 0.3) is 16.1 Å². The fourth-order valence-corrected chi connectivity index (χ4v) is 1.46. The van der Waals surface area contributed by atoms with Crippen LogP contribution >= 0.6 is 0 Å². The number of aliphatic imine (C=N–C) groups is 1. The molecule has 0 aliphatic carbocycles. The molecule has 0 aliphatic heterocycles. The van der Waals surface area contributed by atoms with E-state index in [0.29, 0.717) is 11.5 Å². The summed E-state index contributed by atoms with van der Waals surface area (Å²) in [7, 11) is 3.71. The molecule has 2 aromatic rings. The van der Waals surface area contributed by atoms with E-state index in [2.05, 4.69) is 19.8 Å². The van der Waals surface area contributed by atoms with Gasteiger partial charge in [-0.15, -0.1) is 4.98 Å². The summed E-state index contributed by atoms with van der Waals surface area (Å²) in [6, 6.07) is 9.64. The van der Waals surface area contributed by atoms with E-state index in [1.165, 1.54) is 0 Å². The Hall–Kier alpha value is -2.74. The maximum atomic E-state index is 7.16. The summed E-state index contributed by atoms with van der Waals surface area (Å²) in [6.07, 6.45) is 3.23. The SMILES string of the molecule is [C-]#[N+]c1nc(-c2ccccc2)cnc1N=CN(C)C. The van der Waals surface area contributed by atoms with Crippen molar-refractivity contribution in [1.82, 2.24) is 14.9 Å². The lowest BCUT2D eigenvalue weighted by atomic mass is 10.2. The van der Waals surface area contributed by atoms with Gasteiger partial charge in [0.25, 0.3) is 0 Å². The summed E-state index contributed by atoms with van der Waals surface area (Å²) in [5.41, 5.74) is 1.61. The lowest BCUT2D eigenvalue weighted by molar-refractivity contribution is 0.643. The molecular formula is C14H13N5. The van der Waals surface area contributed by atoms with Crippen molar-refractivity contribution in [3.8, 4) is 11.3 Å². The first kappa shape index (κ1) is 12.7. The van der Waals surface area contributed by atoms with Gasteiger partial charge in [-0.25, -0.2) is 9.98 Å². The summed E-state index contributed by atoms with van der Waals surface area (Å²) >= 11 is 0. The smallest absolute Gasteiger partial charge is 0.315 e. The van der Waals surface area contributed by atoms with Crippen molar-refractivity contribution in [3.63, 3.8) is 0 Å². The molecule has 0 radical (unpaired) electrons. The largest absolute Gasteiger partial charge is 0.369 e. The van der Waals surface area contributed by atoms with Crippen LogP contribution in [0.5, 0.6) is 0 Å². The van der Waals surface area contributed by atoms with Gasteiger partial charge in [-0.05, 0) is 0 Å². The molecule has 0 atom stereocenters. The quantitative estimate of drug-likeness (QED) is 0.478. The Bertz CT molecular complexity index is 626. The van der Waals surface area contributed by atoms with Gasteiger partial charge >= 0.3 is 5.82 Å². The van der Waals surface area contributed by atoms with Crippen LogP contribution in [-0.2, 0) is 0 Å². The predicted octanol–water partition coefficient (Wildman–Crippen LogP) is 2.92. The summed E-state index contributed by atoms with van der Waals surface area (Å²) in [5, 5.41) is 0. The van der Waals surface area contributed by atoms with E-state index >= 15 is 0 Å². The van der Waals surface area contributed by atoms with Crippen LogP contribution in [0.2, 0.25) is 0 Å². The Morgan fingerprint density at radius 1 is 1.26 bits per heavy atom. The van der Waals surface area contributed by atoms with Crippen molar-refractivity contribution in [2.45, 2.75) is 0 Å². The summed E-state index contributed by atoms with van der Waals surface area (Å²) in [6.45, 7) is 7.16. The van der Waals surface area contributed by atoms with E-state index in [-0.39, 0.29) is 5.82 Å². The Labute approximate surface area is 112 Å². The van der Waals surface area contributed by atoms with Crippen molar-refractivity contribution in [2.24, 2.45) is 4.99 Å². The zero-order valence-corrected chi connectivity index (χ0v) is 10.8. The highest BCUT2D eigenvalue weighted by Gasteiger charge is 2.10. The molecule has 1 heterocycles. The molecule has 0 fully saturated rings. The van der Waals surface area contributed by atoms with Gasteiger partial charge in [0.2, 0.25) is 0 Å². The van der Waals surface area contributed by atoms with Gasteiger partial charge in [0.15, 0.2) is 11.5 Å². The van der Waals surface area contributed by atoms with E-state index in [9.17, 15) is 0 Å². The van der Waals surface area contributed by atoms with Crippen molar-refractivity contribution >= 4 is 18.0 Å². The zero-order chi connectivity index (χ0) is 13.7. The maximum absolute atomic E-state index is 7.16.